The maximum atomic E-state index is 5.72. The van der Waals surface area contributed by atoms with Crippen molar-refractivity contribution in [2.24, 2.45) is 11.3 Å². The van der Waals surface area contributed by atoms with Crippen LogP contribution in [0.15, 0.2) is 0 Å². The van der Waals surface area contributed by atoms with Crippen molar-refractivity contribution in [3.63, 3.8) is 0 Å². The molecule has 112 valence electrons. The van der Waals surface area contributed by atoms with Gasteiger partial charge in [-0.25, -0.2) is 0 Å². The highest BCUT2D eigenvalue weighted by atomic mass is 16.5. The van der Waals surface area contributed by atoms with Crippen LogP contribution in [0.3, 0.4) is 0 Å². The first-order valence-electron chi connectivity index (χ1n) is 7.73. The molecule has 1 N–H and O–H groups in total. The van der Waals surface area contributed by atoms with E-state index in [1.165, 1.54) is 25.7 Å². The standard InChI is InChI=1S/C15H30N2O2/c1-16-11-15(6-3-8-19-13-15)12-17(2)7-9-18-10-14-4-5-14/h14,16H,3-13H2,1-2H3. The van der Waals surface area contributed by atoms with Gasteiger partial charge in [0.2, 0.25) is 0 Å². The van der Waals surface area contributed by atoms with Gasteiger partial charge in [-0.2, -0.15) is 0 Å². The van der Waals surface area contributed by atoms with E-state index in [0.29, 0.717) is 0 Å². The van der Waals surface area contributed by atoms with E-state index in [1.807, 2.05) is 7.05 Å². The van der Waals surface area contributed by atoms with E-state index in [4.69, 9.17) is 9.47 Å². The summed E-state index contributed by atoms with van der Waals surface area (Å²) in [5.74, 6) is 0.868. The molecule has 0 amide bonds. The van der Waals surface area contributed by atoms with Gasteiger partial charge in [0.1, 0.15) is 0 Å². The zero-order valence-corrected chi connectivity index (χ0v) is 12.6. The quantitative estimate of drug-likeness (QED) is 0.642. The average molecular weight is 270 g/mol. The first kappa shape index (κ1) is 15.2. The summed E-state index contributed by atoms with van der Waals surface area (Å²) in [6, 6.07) is 0. The van der Waals surface area contributed by atoms with Crippen LogP contribution in [0.2, 0.25) is 0 Å². The summed E-state index contributed by atoms with van der Waals surface area (Å²) in [7, 11) is 4.24. The second-order valence-corrected chi connectivity index (χ2v) is 6.44. The molecular formula is C15H30N2O2. The van der Waals surface area contributed by atoms with Crippen LogP contribution in [-0.4, -0.2) is 65.1 Å². The lowest BCUT2D eigenvalue weighted by Gasteiger charge is -2.39. The summed E-state index contributed by atoms with van der Waals surface area (Å²) in [4.78, 5) is 2.40. The highest BCUT2D eigenvalue weighted by Crippen LogP contribution is 2.29. The van der Waals surface area contributed by atoms with Crippen LogP contribution in [0.4, 0.5) is 0 Å². The molecule has 2 rings (SSSR count). The molecule has 2 aliphatic rings. The average Bonchev–Trinajstić information content (AvgIpc) is 3.20. The third-order valence-corrected chi connectivity index (χ3v) is 4.23. The summed E-state index contributed by atoms with van der Waals surface area (Å²) < 4.78 is 11.4. The SMILES string of the molecule is CNCC1(CN(C)CCOCC2CC2)CCCOC1. The van der Waals surface area contributed by atoms with E-state index in [9.17, 15) is 0 Å². The minimum Gasteiger partial charge on any atom is -0.381 e. The molecular weight excluding hydrogens is 240 g/mol. The third-order valence-electron chi connectivity index (χ3n) is 4.23. The summed E-state index contributed by atoms with van der Waals surface area (Å²) in [5, 5.41) is 3.34. The normalized spacial score (nSPS) is 27.9. The van der Waals surface area contributed by atoms with E-state index in [2.05, 4.69) is 17.3 Å². The maximum absolute atomic E-state index is 5.72. The molecule has 4 heteroatoms. The summed E-state index contributed by atoms with van der Waals surface area (Å²) >= 11 is 0. The molecule has 0 radical (unpaired) electrons. The fourth-order valence-corrected chi connectivity index (χ4v) is 3.01. The summed E-state index contributed by atoms with van der Waals surface area (Å²) in [6.07, 6.45) is 5.20. The topological polar surface area (TPSA) is 33.7 Å². The van der Waals surface area contributed by atoms with Gasteiger partial charge in [0.25, 0.3) is 0 Å². The zero-order chi connectivity index (χ0) is 13.6. The maximum Gasteiger partial charge on any atom is 0.0593 e. The molecule has 1 aliphatic heterocycles. The Kier molecular flexibility index (Phi) is 6.07. The number of nitrogens with one attached hydrogen (secondary N) is 1. The molecule has 1 heterocycles. The molecule has 1 atom stereocenters. The lowest BCUT2D eigenvalue weighted by atomic mass is 9.82. The second-order valence-electron chi connectivity index (χ2n) is 6.44. The lowest BCUT2D eigenvalue weighted by Crippen LogP contribution is -2.48. The van der Waals surface area contributed by atoms with Crippen molar-refractivity contribution in [3.8, 4) is 0 Å². The van der Waals surface area contributed by atoms with Crippen molar-refractivity contribution < 1.29 is 9.47 Å². The van der Waals surface area contributed by atoms with Crippen molar-refractivity contribution in [2.75, 3.05) is 60.2 Å². The van der Waals surface area contributed by atoms with Gasteiger partial charge in [-0.05, 0) is 45.7 Å². The van der Waals surface area contributed by atoms with Crippen LogP contribution in [0.25, 0.3) is 0 Å². The Hall–Kier alpha value is -0.160. The van der Waals surface area contributed by atoms with Gasteiger partial charge in [-0.15, -0.1) is 0 Å². The first-order valence-corrected chi connectivity index (χ1v) is 7.73. The second kappa shape index (κ2) is 7.58. The number of hydrogen-bond donors (Lipinski definition) is 1. The van der Waals surface area contributed by atoms with E-state index in [1.54, 1.807) is 0 Å². The van der Waals surface area contributed by atoms with Crippen LogP contribution < -0.4 is 5.32 Å². The number of nitrogens with zero attached hydrogens (tertiary/aromatic N) is 1. The lowest BCUT2D eigenvalue weighted by molar-refractivity contribution is -0.0251. The van der Waals surface area contributed by atoms with Crippen molar-refractivity contribution in [3.05, 3.63) is 0 Å². The molecule has 1 saturated heterocycles. The van der Waals surface area contributed by atoms with Gasteiger partial charge < -0.3 is 19.7 Å². The van der Waals surface area contributed by atoms with Crippen LogP contribution in [0, 0.1) is 11.3 Å². The van der Waals surface area contributed by atoms with Gasteiger partial charge >= 0.3 is 0 Å². The van der Waals surface area contributed by atoms with Crippen LogP contribution in [0.5, 0.6) is 0 Å². The predicted octanol–water partition coefficient (Wildman–Crippen LogP) is 1.36. The predicted molar refractivity (Wildman–Crippen MR) is 77.5 cm³/mol. The minimum atomic E-state index is 0.290. The van der Waals surface area contributed by atoms with Crippen LogP contribution in [0.1, 0.15) is 25.7 Å². The minimum absolute atomic E-state index is 0.290. The van der Waals surface area contributed by atoms with Gasteiger partial charge in [0.15, 0.2) is 0 Å². The Morgan fingerprint density at radius 3 is 2.89 bits per heavy atom. The molecule has 1 unspecified atom stereocenters. The van der Waals surface area contributed by atoms with E-state index >= 15 is 0 Å². The van der Waals surface area contributed by atoms with E-state index in [0.717, 1.165) is 52.0 Å². The smallest absolute Gasteiger partial charge is 0.0593 e. The first-order chi connectivity index (χ1) is 9.24. The number of likely N-dealkylation sites (N-methyl/N-ethyl adjacent to an activating group) is 1. The summed E-state index contributed by atoms with van der Waals surface area (Å²) in [5.41, 5.74) is 0.290. The van der Waals surface area contributed by atoms with Gasteiger partial charge in [-0.1, -0.05) is 0 Å². The Morgan fingerprint density at radius 1 is 1.42 bits per heavy atom. The largest absolute Gasteiger partial charge is 0.381 e. The highest BCUT2D eigenvalue weighted by molar-refractivity contribution is 4.86. The van der Waals surface area contributed by atoms with Crippen LogP contribution >= 0.6 is 0 Å². The van der Waals surface area contributed by atoms with Crippen molar-refractivity contribution >= 4 is 0 Å². The van der Waals surface area contributed by atoms with Gasteiger partial charge in [0, 0.05) is 38.3 Å². The Morgan fingerprint density at radius 2 is 2.26 bits per heavy atom. The Bertz CT molecular complexity index is 245. The Balaban J connectivity index is 1.66. The molecule has 0 spiro atoms. The fraction of sp³-hybridized carbons (Fsp3) is 1.00. The molecule has 0 aromatic heterocycles. The van der Waals surface area contributed by atoms with E-state index in [-0.39, 0.29) is 5.41 Å². The number of ether oxygens (including phenoxy) is 2. The molecule has 0 aromatic rings. The molecule has 0 bridgehead atoms. The summed E-state index contributed by atoms with van der Waals surface area (Å²) in [6.45, 7) is 6.82. The van der Waals surface area contributed by atoms with Gasteiger partial charge in [0.05, 0.1) is 13.2 Å². The number of hydrogen-bond acceptors (Lipinski definition) is 4. The highest BCUT2D eigenvalue weighted by Gasteiger charge is 2.33. The molecule has 1 aliphatic carbocycles. The van der Waals surface area contributed by atoms with Crippen molar-refractivity contribution in [1.29, 1.82) is 0 Å². The van der Waals surface area contributed by atoms with Crippen LogP contribution in [-0.2, 0) is 9.47 Å². The van der Waals surface area contributed by atoms with E-state index < -0.39 is 0 Å². The van der Waals surface area contributed by atoms with Crippen molar-refractivity contribution in [2.45, 2.75) is 25.7 Å². The molecule has 4 nitrogen and oxygen atoms in total. The fourth-order valence-electron chi connectivity index (χ4n) is 3.01. The zero-order valence-electron chi connectivity index (χ0n) is 12.6. The Labute approximate surface area is 117 Å². The number of rotatable bonds is 9. The third kappa shape index (κ3) is 5.38. The molecule has 0 aromatic carbocycles. The monoisotopic (exact) mass is 270 g/mol. The molecule has 19 heavy (non-hydrogen) atoms. The van der Waals surface area contributed by atoms with Crippen molar-refractivity contribution in [1.82, 2.24) is 10.2 Å². The van der Waals surface area contributed by atoms with Gasteiger partial charge in [-0.3, -0.25) is 0 Å². The molecule has 2 fully saturated rings. The molecule has 1 saturated carbocycles.